The van der Waals surface area contributed by atoms with Crippen molar-refractivity contribution in [3.63, 3.8) is 0 Å². The molecule has 2 aliphatic heterocycles. The third-order valence-corrected chi connectivity index (χ3v) is 9.56. The van der Waals surface area contributed by atoms with E-state index >= 15 is 0 Å². The average molecular weight is 562 g/mol. The second-order valence-corrected chi connectivity index (χ2v) is 13.5. The van der Waals surface area contributed by atoms with Crippen molar-refractivity contribution in [3.05, 3.63) is 59.2 Å². The molecule has 38 heavy (non-hydrogen) atoms. The van der Waals surface area contributed by atoms with E-state index in [4.69, 9.17) is 0 Å². The Morgan fingerprint density at radius 2 is 1.92 bits per heavy atom. The van der Waals surface area contributed by atoms with Crippen molar-refractivity contribution >= 4 is 43.3 Å². The fourth-order valence-electron chi connectivity index (χ4n) is 6.25. The number of fused-ring (bicyclic) bond motifs is 6. The molecule has 2 aromatic rings. The number of pyridine rings is 1. The van der Waals surface area contributed by atoms with Crippen LogP contribution in [0.15, 0.2) is 57.2 Å². The maximum Gasteiger partial charge on any atom is 0.288 e. The van der Waals surface area contributed by atoms with Crippen molar-refractivity contribution in [2.45, 2.75) is 36.7 Å². The van der Waals surface area contributed by atoms with E-state index in [1.54, 1.807) is 17.0 Å². The number of anilines is 2. The summed E-state index contributed by atoms with van der Waals surface area (Å²) < 4.78 is 68.8. The average Bonchev–Trinajstić information content (AvgIpc) is 3.45. The van der Waals surface area contributed by atoms with Gasteiger partial charge in [-0.3, -0.25) is 9.52 Å². The van der Waals surface area contributed by atoms with E-state index in [1.165, 1.54) is 12.1 Å². The number of amidine groups is 1. The fourth-order valence-corrected chi connectivity index (χ4v) is 7.89. The molecule has 200 valence electrons. The molecule has 3 N–H and O–H groups in total. The van der Waals surface area contributed by atoms with Crippen LogP contribution in [-0.2, 0) is 31.4 Å². The molecule has 0 saturated heterocycles. The topological polar surface area (TPSA) is 158 Å². The van der Waals surface area contributed by atoms with Crippen molar-refractivity contribution in [1.82, 2.24) is 9.88 Å². The van der Waals surface area contributed by atoms with Crippen molar-refractivity contribution in [3.8, 4) is 0 Å². The highest BCUT2D eigenvalue weighted by molar-refractivity contribution is 7.92. The van der Waals surface area contributed by atoms with Gasteiger partial charge in [0, 0.05) is 18.5 Å². The van der Waals surface area contributed by atoms with Gasteiger partial charge in [0.05, 0.1) is 18.1 Å². The number of carbonyl (C=O) groups excluding carboxylic acids is 1. The molecule has 2 bridgehead atoms. The first-order valence-corrected chi connectivity index (χ1v) is 15.3. The number of aliphatic hydroxyl groups is 1. The molecule has 2 aliphatic carbocycles. The monoisotopic (exact) mass is 561 g/mol. The Kier molecular flexibility index (Phi) is 5.54. The predicted molar refractivity (Wildman–Crippen MR) is 136 cm³/mol. The summed E-state index contributed by atoms with van der Waals surface area (Å²) in [7, 11) is -8.09. The Balaban J connectivity index is 1.41. The molecule has 4 atom stereocenters. The van der Waals surface area contributed by atoms with Crippen molar-refractivity contribution in [2.75, 3.05) is 16.3 Å². The molecule has 0 spiro atoms. The Labute approximate surface area is 218 Å². The molecule has 6 rings (SSSR count). The number of carbonyl (C=O) groups is 1. The zero-order valence-electron chi connectivity index (χ0n) is 20.1. The summed E-state index contributed by atoms with van der Waals surface area (Å²) in [5.41, 5.74) is 0.391. The molecule has 2 saturated carbocycles. The SMILES string of the molecule is CS(=O)(=O)Nc1cnc2c(c1)S(=O)(=O)N=C(C1=C(O)C3C([C@@H]4CC[C@H]3C4)N(Cc3ccc(F)cc3)C1=O)N2. The van der Waals surface area contributed by atoms with Crippen LogP contribution in [-0.4, -0.2) is 55.9 Å². The summed E-state index contributed by atoms with van der Waals surface area (Å²) >= 11 is 0. The van der Waals surface area contributed by atoms with Crippen molar-refractivity contribution < 1.29 is 31.1 Å². The number of nitrogens with zero attached hydrogens (tertiary/aromatic N) is 3. The van der Waals surface area contributed by atoms with E-state index in [9.17, 15) is 31.1 Å². The van der Waals surface area contributed by atoms with Crippen LogP contribution in [0.25, 0.3) is 0 Å². The third-order valence-electron chi connectivity index (χ3n) is 7.66. The van der Waals surface area contributed by atoms with E-state index in [1.807, 2.05) is 0 Å². The van der Waals surface area contributed by atoms with Crippen molar-refractivity contribution in [1.29, 1.82) is 0 Å². The van der Waals surface area contributed by atoms with E-state index in [-0.39, 0.29) is 63.9 Å². The zero-order chi connectivity index (χ0) is 27.0. The molecule has 14 heteroatoms. The number of aliphatic hydroxyl groups excluding tert-OH is 1. The molecule has 4 aliphatic rings. The van der Waals surface area contributed by atoms with Gasteiger partial charge in [0.15, 0.2) is 11.7 Å². The standard InChI is InChI=1S/C24H24FN5O6S2/c1-37(33,34)28-16-9-17-22(26-10-16)27-23(29-38(17,35)36)19-21(31)18-13-4-5-14(8-13)20(18)30(24(19)32)11-12-2-6-15(25)7-3-12/h2-3,6-7,9-10,13-14,18,20,28,31H,4-5,8,11H2,1H3,(H,26,27,29)/t13-,14+,18?,20?/m0/s1. The molecule has 1 aromatic heterocycles. The lowest BCUT2D eigenvalue weighted by Crippen LogP contribution is -2.53. The van der Waals surface area contributed by atoms with E-state index < -0.39 is 31.8 Å². The van der Waals surface area contributed by atoms with E-state index in [0.717, 1.165) is 37.8 Å². The number of nitrogens with one attached hydrogen (secondary N) is 2. The molecule has 11 nitrogen and oxygen atoms in total. The second kappa shape index (κ2) is 8.50. The van der Waals surface area contributed by atoms with Crippen LogP contribution in [0.4, 0.5) is 15.9 Å². The number of aromatic nitrogens is 1. The van der Waals surface area contributed by atoms with Crippen LogP contribution in [0.2, 0.25) is 0 Å². The maximum atomic E-state index is 13.9. The molecular formula is C24H24FN5O6S2. The van der Waals surface area contributed by atoms with Crippen LogP contribution >= 0.6 is 0 Å². The van der Waals surface area contributed by atoms with Crippen LogP contribution in [0.3, 0.4) is 0 Å². The summed E-state index contributed by atoms with van der Waals surface area (Å²) in [5.74, 6) is -1.70. The first-order valence-electron chi connectivity index (χ1n) is 12.0. The van der Waals surface area contributed by atoms with Crippen LogP contribution in [0, 0.1) is 23.6 Å². The highest BCUT2D eigenvalue weighted by atomic mass is 32.2. The predicted octanol–water partition coefficient (Wildman–Crippen LogP) is 2.37. The minimum absolute atomic E-state index is 0.0682. The number of sulfonamides is 2. The minimum Gasteiger partial charge on any atom is -0.511 e. The Morgan fingerprint density at radius 1 is 1.21 bits per heavy atom. The normalized spacial score (nSPS) is 27.5. The van der Waals surface area contributed by atoms with Gasteiger partial charge < -0.3 is 15.3 Å². The largest absolute Gasteiger partial charge is 0.511 e. The van der Waals surface area contributed by atoms with Gasteiger partial charge in [0.25, 0.3) is 15.9 Å². The van der Waals surface area contributed by atoms with E-state index in [0.29, 0.717) is 5.56 Å². The summed E-state index contributed by atoms with van der Waals surface area (Å²) in [6, 6.07) is 6.62. The molecule has 1 aromatic carbocycles. The van der Waals surface area contributed by atoms with Gasteiger partial charge in [-0.05, 0) is 54.9 Å². The van der Waals surface area contributed by atoms with Gasteiger partial charge in [0.1, 0.15) is 22.0 Å². The quantitative estimate of drug-likeness (QED) is 0.502. The highest BCUT2D eigenvalue weighted by Gasteiger charge is 2.57. The number of benzene rings is 1. The minimum atomic E-state index is -4.41. The first-order chi connectivity index (χ1) is 17.9. The molecule has 2 fully saturated rings. The molecule has 3 heterocycles. The maximum absolute atomic E-state index is 13.9. The van der Waals surface area contributed by atoms with Crippen LogP contribution in [0.1, 0.15) is 24.8 Å². The second-order valence-electron chi connectivity index (χ2n) is 10.2. The van der Waals surface area contributed by atoms with Gasteiger partial charge >= 0.3 is 0 Å². The van der Waals surface area contributed by atoms with Gasteiger partial charge in [-0.1, -0.05) is 12.1 Å². The number of rotatable bonds is 5. The summed E-state index contributed by atoms with van der Waals surface area (Å²) in [6.07, 6.45) is 4.71. The number of amides is 1. The Bertz CT molecular complexity index is 1640. The Hall–Kier alpha value is -3.52. The number of halogens is 1. The third kappa shape index (κ3) is 4.11. The van der Waals surface area contributed by atoms with Crippen LogP contribution < -0.4 is 10.0 Å². The smallest absolute Gasteiger partial charge is 0.288 e. The molecule has 0 radical (unpaired) electrons. The molecule has 1 amide bonds. The highest BCUT2D eigenvalue weighted by Crippen LogP contribution is 2.55. The lowest BCUT2D eigenvalue weighted by Gasteiger charge is -2.44. The molecule has 2 unspecified atom stereocenters. The lowest BCUT2D eigenvalue weighted by atomic mass is 9.77. The molecular weight excluding hydrogens is 537 g/mol. The van der Waals surface area contributed by atoms with Crippen molar-refractivity contribution in [2.24, 2.45) is 22.2 Å². The fraction of sp³-hybridized carbons (Fsp3) is 0.375. The first kappa shape index (κ1) is 24.8. The van der Waals surface area contributed by atoms with Crippen LogP contribution in [0.5, 0.6) is 0 Å². The lowest BCUT2D eigenvalue weighted by molar-refractivity contribution is -0.134. The zero-order valence-corrected chi connectivity index (χ0v) is 21.8. The van der Waals surface area contributed by atoms with Gasteiger partial charge in [-0.2, -0.15) is 8.42 Å². The van der Waals surface area contributed by atoms with E-state index in [2.05, 4.69) is 19.4 Å². The summed E-state index contributed by atoms with van der Waals surface area (Å²) in [4.78, 5) is 19.2. The summed E-state index contributed by atoms with van der Waals surface area (Å²) in [5, 5.41) is 14.1. The number of hydrogen-bond donors (Lipinski definition) is 3. The van der Waals surface area contributed by atoms with Gasteiger partial charge in [-0.15, -0.1) is 4.40 Å². The van der Waals surface area contributed by atoms with Gasteiger partial charge in [-0.25, -0.2) is 17.8 Å². The Morgan fingerprint density at radius 3 is 2.63 bits per heavy atom. The number of hydrogen-bond acceptors (Lipinski definition) is 8. The van der Waals surface area contributed by atoms with Gasteiger partial charge in [0.2, 0.25) is 10.0 Å². The summed E-state index contributed by atoms with van der Waals surface area (Å²) in [6.45, 7) is 0.162.